The molecule has 20 heavy (non-hydrogen) atoms. The maximum absolute atomic E-state index is 11.1. The highest BCUT2D eigenvalue weighted by Gasteiger charge is 2.35. The Morgan fingerprint density at radius 3 is 2.50 bits per heavy atom. The average Bonchev–Trinajstić information content (AvgIpc) is 2.80. The zero-order valence-corrected chi connectivity index (χ0v) is 13.1. The number of rotatable bonds is 5. The number of carboxylic acid groups (broad SMARTS) is 1. The largest absolute Gasteiger partial charge is 0.481 e. The molecule has 0 heterocycles. The molecule has 1 N–H and O–H groups in total. The Labute approximate surface area is 126 Å². The van der Waals surface area contributed by atoms with Crippen LogP contribution in [-0.4, -0.2) is 11.1 Å². The molecule has 0 aromatic heterocycles. The second-order valence-electron chi connectivity index (χ2n) is 6.31. The zero-order chi connectivity index (χ0) is 14.8. The molecule has 0 spiro atoms. The van der Waals surface area contributed by atoms with Crippen molar-refractivity contribution >= 4 is 17.6 Å². The lowest BCUT2D eigenvalue weighted by Crippen LogP contribution is -2.22. The van der Waals surface area contributed by atoms with E-state index in [9.17, 15) is 4.79 Å². The molecule has 1 aliphatic carbocycles. The normalized spacial score (nSPS) is 17.4. The smallest absolute Gasteiger partial charge is 0.303 e. The second-order valence-corrected chi connectivity index (χ2v) is 6.71. The third-order valence-corrected chi connectivity index (χ3v) is 5.14. The highest BCUT2D eigenvalue weighted by atomic mass is 35.5. The first kappa shape index (κ1) is 15.4. The maximum atomic E-state index is 11.1. The van der Waals surface area contributed by atoms with Crippen molar-refractivity contribution in [2.75, 3.05) is 0 Å². The highest BCUT2D eigenvalue weighted by Crippen LogP contribution is 2.45. The summed E-state index contributed by atoms with van der Waals surface area (Å²) in [7, 11) is 0. The van der Waals surface area contributed by atoms with Gasteiger partial charge in [0.05, 0.1) is 6.42 Å². The van der Waals surface area contributed by atoms with Crippen molar-refractivity contribution in [3.05, 3.63) is 33.8 Å². The third-order valence-electron chi connectivity index (χ3n) is 4.73. The molecular formula is C17H23ClO2. The van der Waals surface area contributed by atoms with Crippen LogP contribution in [0.25, 0.3) is 0 Å². The van der Waals surface area contributed by atoms with Crippen molar-refractivity contribution in [1.82, 2.24) is 0 Å². The van der Waals surface area contributed by atoms with Crippen LogP contribution in [0.3, 0.4) is 0 Å². The lowest BCUT2D eigenvalue weighted by Gasteiger charge is -2.27. The van der Waals surface area contributed by atoms with Crippen molar-refractivity contribution in [2.45, 2.75) is 58.8 Å². The molecule has 0 saturated heterocycles. The van der Waals surface area contributed by atoms with Crippen molar-refractivity contribution in [3.63, 3.8) is 0 Å². The molecule has 1 saturated carbocycles. The van der Waals surface area contributed by atoms with Gasteiger partial charge in [-0.25, -0.2) is 0 Å². The molecule has 1 fully saturated rings. The van der Waals surface area contributed by atoms with E-state index in [-0.39, 0.29) is 5.41 Å². The topological polar surface area (TPSA) is 37.3 Å². The van der Waals surface area contributed by atoms with E-state index in [2.05, 4.69) is 13.0 Å². The van der Waals surface area contributed by atoms with E-state index in [0.717, 1.165) is 36.3 Å². The molecule has 2 nitrogen and oxygen atoms in total. The first-order valence-corrected chi connectivity index (χ1v) is 7.77. The van der Waals surface area contributed by atoms with E-state index in [0.29, 0.717) is 6.42 Å². The molecule has 0 unspecified atom stereocenters. The van der Waals surface area contributed by atoms with Gasteiger partial charge in [-0.15, -0.1) is 0 Å². The van der Waals surface area contributed by atoms with Gasteiger partial charge in [-0.05, 0) is 67.7 Å². The van der Waals surface area contributed by atoms with Crippen LogP contribution in [-0.2, 0) is 11.2 Å². The van der Waals surface area contributed by atoms with Gasteiger partial charge in [-0.2, -0.15) is 0 Å². The number of hydrogen-bond donors (Lipinski definition) is 1. The van der Waals surface area contributed by atoms with Crippen LogP contribution in [0, 0.1) is 19.3 Å². The van der Waals surface area contributed by atoms with Gasteiger partial charge in [0.2, 0.25) is 0 Å². The summed E-state index contributed by atoms with van der Waals surface area (Å²) in [5, 5.41) is 9.97. The van der Waals surface area contributed by atoms with E-state index >= 15 is 0 Å². The van der Waals surface area contributed by atoms with Crippen molar-refractivity contribution in [2.24, 2.45) is 5.41 Å². The zero-order valence-electron chi connectivity index (χ0n) is 12.3. The van der Waals surface area contributed by atoms with Crippen LogP contribution in [0.5, 0.6) is 0 Å². The second kappa shape index (κ2) is 6.17. The fraction of sp³-hybridized carbons (Fsp3) is 0.588. The summed E-state index contributed by atoms with van der Waals surface area (Å²) in [6, 6.07) is 4.17. The molecule has 3 heteroatoms. The first-order valence-electron chi connectivity index (χ1n) is 7.39. The number of aryl methyl sites for hydroxylation is 3. The van der Waals surface area contributed by atoms with Crippen molar-refractivity contribution in [1.29, 1.82) is 0 Å². The van der Waals surface area contributed by atoms with E-state index in [1.54, 1.807) is 0 Å². The van der Waals surface area contributed by atoms with Crippen molar-refractivity contribution in [3.8, 4) is 0 Å². The molecule has 0 atom stereocenters. The Hall–Kier alpha value is -1.02. The summed E-state index contributed by atoms with van der Waals surface area (Å²) in [4.78, 5) is 11.1. The molecule has 110 valence electrons. The molecule has 0 aliphatic heterocycles. The Bertz CT molecular complexity index is 502. The van der Waals surface area contributed by atoms with Gasteiger partial charge >= 0.3 is 5.97 Å². The van der Waals surface area contributed by atoms with Gasteiger partial charge in [0, 0.05) is 5.02 Å². The minimum Gasteiger partial charge on any atom is -0.481 e. The SMILES string of the molecule is Cc1cc(CCC2(CC(=O)O)CCCC2)c(C)cc1Cl. The van der Waals surface area contributed by atoms with E-state index in [1.165, 1.54) is 24.0 Å². The number of halogens is 1. The monoisotopic (exact) mass is 294 g/mol. The molecule has 1 aromatic rings. The summed E-state index contributed by atoms with van der Waals surface area (Å²) in [5.74, 6) is -0.657. The third kappa shape index (κ3) is 3.54. The minimum absolute atomic E-state index is 0.0197. The summed E-state index contributed by atoms with van der Waals surface area (Å²) in [5.41, 5.74) is 3.64. The van der Waals surface area contributed by atoms with E-state index in [1.807, 2.05) is 13.0 Å². The summed E-state index contributed by atoms with van der Waals surface area (Å²) >= 11 is 6.13. The summed E-state index contributed by atoms with van der Waals surface area (Å²) in [6.45, 7) is 4.10. The predicted octanol–water partition coefficient (Wildman–Crippen LogP) is 4.92. The predicted molar refractivity (Wildman–Crippen MR) is 82.4 cm³/mol. The number of benzene rings is 1. The van der Waals surface area contributed by atoms with Crippen LogP contribution >= 0.6 is 11.6 Å². The fourth-order valence-corrected chi connectivity index (χ4v) is 3.69. The molecular weight excluding hydrogens is 272 g/mol. The Balaban J connectivity index is 2.10. The number of aliphatic carboxylic acids is 1. The lowest BCUT2D eigenvalue weighted by atomic mass is 9.77. The molecule has 1 aromatic carbocycles. The molecule has 0 bridgehead atoms. The first-order chi connectivity index (χ1) is 9.42. The number of carbonyl (C=O) groups is 1. The summed E-state index contributed by atoms with van der Waals surface area (Å²) in [6.07, 6.45) is 6.71. The Kier molecular flexibility index (Phi) is 4.74. The van der Waals surface area contributed by atoms with Gasteiger partial charge in [-0.3, -0.25) is 4.79 Å². The fourth-order valence-electron chi connectivity index (χ4n) is 3.47. The van der Waals surface area contributed by atoms with E-state index in [4.69, 9.17) is 16.7 Å². The van der Waals surface area contributed by atoms with Gasteiger partial charge < -0.3 is 5.11 Å². The van der Waals surface area contributed by atoms with E-state index < -0.39 is 5.97 Å². The van der Waals surface area contributed by atoms with Crippen LogP contribution in [0.4, 0.5) is 0 Å². The van der Waals surface area contributed by atoms with Crippen molar-refractivity contribution < 1.29 is 9.90 Å². The van der Waals surface area contributed by atoms with Crippen LogP contribution in [0.1, 0.15) is 55.2 Å². The lowest BCUT2D eigenvalue weighted by molar-refractivity contribution is -0.139. The maximum Gasteiger partial charge on any atom is 0.303 e. The van der Waals surface area contributed by atoms with Gasteiger partial charge in [-0.1, -0.05) is 30.5 Å². The van der Waals surface area contributed by atoms with Gasteiger partial charge in [0.25, 0.3) is 0 Å². The molecule has 1 aliphatic rings. The molecule has 0 amide bonds. The quantitative estimate of drug-likeness (QED) is 0.836. The van der Waals surface area contributed by atoms with Gasteiger partial charge in [0.1, 0.15) is 0 Å². The number of hydrogen-bond acceptors (Lipinski definition) is 1. The standard InChI is InChI=1S/C17H23ClO2/c1-12-10-15(18)13(2)9-14(12)5-8-17(11-16(19)20)6-3-4-7-17/h9-10H,3-8,11H2,1-2H3,(H,19,20). The molecule has 0 radical (unpaired) electrons. The molecule has 2 rings (SSSR count). The van der Waals surface area contributed by atoms with Crippen LogP contribution < -0.4 is 0 Å². The Morgan fingerprint density at radius 2 is 1.90 bits per heavy atom. The summed E-state index contributed by atoms with van der Waals surface area (Å²) < 4.78 is 0. The average molecular weight is 295 g/mol. The minimum atomic E-state index is -0.657. The number of carboxylic acids is 1. The van der Waals surface area contributed by atoms with Crippen LogP contribution in [0.2, 0.25) is 5.02 Å². The Morgan fingerprint density at radius 1 is 1.25 bits per heavy atom. The van der Waals surface area contributed by atoms with Gasteiger partial charge in [0.15, 0.2) is 0 Å². The highest BCUT2D eigenvalue weighted by molar-refractivity contribution is 6.31. The van der Waals surface area contributed by atoms with Crippen LogP contribution in [0.15, 0.2) is 12.1 Å².